The first-order chi connectivity index (χ1) is 15.1. The van der Waals surface area contributed by atoms with Crippen molar-refractivity contribution in [3.05, 3.63) is 29.8 Å². The molecule has 1 N–H and O–H groups in total. The van der Waals surface area contributed by atoms with Gasteiger partial charge in [-0.25, -0.2) is 4.79 Å². The predicted molar refractivity (Wildman–Crippen MR) is 120 cm³/mol. The molecule has 174 valence electrons. The Morgan fingerprint density at radius 1 is 1.06 bits per heavy atom. The van der Waals surface area contributed by atoms with Crippen molar-refractivity contribution in [3.8, 4) is 0 Å². The van der Waals surface area contributed by atoms with Gasteiger partial charge in [0.25, 0.3) is 0 Å². The van der Waals surface area contributed by atoms with Crippen LogP contribution >= 0.6 is 0 Å². The predicted octanol–water partition coefficient (Wildman–Crippen LogP) is 2.69. The Morgan fingerprint density at radius 3 is 2.22 bits per heavy atom. The molecule has 3 amide bonds. The number of nitrogens with zero attached hydrogens (tertiary/aromatic N) is 2. The standard InChI is InChI=1S/C24H33N3O5/c1-5-32-23(31)17-6-8-19(9-7-17)25-21(29)16-10-12-26(13-11-16)22(30)18-14-20(28)27(15-18)24(2,3)4/h6-9,16,18H,5,10-15H2,1-4H3,(H,25,29). The van der Waals surface area contributed by atoms with Gasteiger partial charge < -0.3 is 19.9 Å². The van der Waals surface area contributed by atoms with E-state index < -0.39 is 5.97 Å². The van der Waals surface area contributed by atoms with Crippen LogP contribution in [-0.4, -0.2) is 65.3 Å². The molecule has 2 aliphatic heterocycles. The smallest absolute Gasteiger partial charge is 0.338 e. The molecule has 2 aliphatic rings. The van der Waals surface area contributed by atoms with Crippen molar-refractivity contribution in [1.82, 2.24) is 9.80 Å². The van der Waals surface area contributed by atoms with Gasteiger partial charge in [-0.3, -0.25) is 14.4 Å². The summed E-state index contributed by atoms with van der Waals surface area (Å²) in [5.74, 6) is -0.921. The van der Waals surface area contributed by atoms with E-state index in [1.54, 1.807) is 41.0 Å². The highest BCUT2D eigenvalue weighted by molar-refractivity contribution is 5.94. The maximum absolute atomic E-state index is 12.9. The zero-order valence-corrected chi connectivity index (χ0v) is 19.3. The molecule has 0 saturated carbocycles. The molecule has 1 aromatic carbocycles. The molecule has 0 aliphatic carbocycles. The summed E-state index contributed by atoms with van der Waals surface area (Å²) in [5, 5.41) is 2.89. The third-order valence-electron chi connectivity index (χ3n) is 6.13. The Balaban J connectivity index is 1.49. The minimum atomic E-state index is -0.392. The average molecular weight is 444 g/mol. The lowest BCUT2D eigenvalue weighted by Crippen LogP contribution is -2.46. The fourth-order valence-corrected chi connectivity index (χ4v) is 4.29. The van der Waals surface area contributed by atoms with Gasteiger partial charge in [0.05, 0.1) is 18.1 Å². The van der Waals surface area contributed by atoms with Crippen molar-refractivity contribution in [2.24, 2.45) is 11.8 Å². The minimum Gasteiger partial charge on any atom is -0.462 e. The topological polar surface area (TPSA) is 96.0 Å². The van der Waals surface area contributed by atoms with Gasteiger partial charge in [0, 0.05) is 43.2 Å². The third-order valence-corrected chi connectivity index (χ3v) is 6.13. The molecule has 8 heteroatoms. The summed E-state index contributed by atoms with van der Waals surface area (Å²) in [6.45, 7) is 9.48. The first-order valence-corrected chi connectivity index (χ1v) is 11.3. The number of nitrogens with one attached hydrogen (secondary N) is 1. The lowest BCUT2D eigenvalue weighted by atomic mass is 9.94. The number of piperidine rings is 1. The molecule has 1 atom stereocenters. The molecule has 8 nitrogen and oxygen atoms in total. The van der Waals surface area contributed by atoms with Gasteiger partial charge >= 0.3 is 5.97 Å². The molecule has 2 saturated heterocycles. The number of esters is 1. The Kier molecular flexibility index (Phi) is 7.21. The summed E-state index contributed by atoms with van der Waals surface area (Å²) < 4.78 is 4.96. The van der Waals surface area contributed by atoms with Crippen LogP contribution in [0, 0.1) is 11.8 Å². The second kappa shape index (κ2) is 9.71. The number of amides is 3. The summed E-state index contributed by atoms with van der Waals surface area (Å²) in [6.07, 6.45) is 1.43. The van der Waals surface area contributed by atoms with Gasteiger partial charge in [-0.05, 0) is 64.8 Å². The third kappa shape index (κ3) is 5.47. The summed E-state index contributed by atoms with van der Waals surface area (Å²) in [7, 11) is 0. The van der Waals surface area contributed by atoms with E-state index in [0.717, 1.165) is 0 Å². The number of carbonyl (C=O) groups excluding carboxylic acids is 4. The van der Waals surface area contributed by atoms with Crippen LogP contribution in [0.15, 0.2) is 24.3 Å². The van der Waals surface area contributed by atoms with E-state index in [9.17, 15) is 19.2 Å². The molecule has 32 heavy (non-hydrogen) atoms. The molecule has 0 bridgehead atoms. The van der Waals surface area contributed by atoms with Crippen LogP contribution in [0.1, 0.15) is 57.3 Å². The number of hydrogen-bond acceptors (Lipinski definition) is 5. The zero-order chi connectivity index (χ0) is 23.5. The number of ether oxygens (including phenoxy) is 1. The lowest BCUT2D eigenvalue weighted by Gasteiger charge is -2.34. The monoisotopic (exact) mass is 443 g/mol. The van der Waals surface area contributed by atoms with Gasteiger partial charge in [0.2, 0.25) is 17.7 Å². The second-order valence-corrected chi connectivity index (χ2v) is 9.46. The van der Waals surface area contributed by atoms with Crippen LogP contribution in [0.3, 0.4) is 0 Å². The van der Waals surface area contributed by atoms with Crippen LogP contribution in [0.25, 0.3) is 0 Å². The van der Waals surface area contributed by atoms with Crippen molar-refractivity contribution >= 4 is 29.4 Å². The van der Waals surface area contributed by atoms with E-state index >= 15 is 0 Å². The number of likely N-dealkylation sites (tertiary alicyclic amines) is 2. The number of rotatable bonds is 5. The van der Waals surface area contributed by atoms with Crippen molar-refractivity contribution in [2.45, 2.75) is 52.5 Å². The maximum atomic E-state index is 12.9. The number of hydrogen-bond donors (Lipinski definition) is 1. The first-order valence-electron chi connectivity index (χ1n) is 11.3. The Labute approximate surface area is 189 Å². The normalized spacial score (nSPS) is 19.8. The average Bonchev–Trinajstić information content (AvgIpc) is 3.16. The van der Waals surface area contributed by atoms with Crippen molar-refractivity contribution in [1.29, 1.82) is 0 Å². The molecule has 0 spiro atoms. The van der Waals surface area contributed by atoms with Gasteiger partial charge in [-0.1, -0.05) is 0 Å². The van der Waals surface area contributed by atoms with E-state index in [4.69, 9.17) is 4.74 Å². The van der Waals surface area contributed by atoms with Gasteiger partial charge in [-0.15, -0.1) is 0 Å². The lowest BCUT2D eigenvalue weighted by molar-refractivity contribution is -0.138. The van der Waals surface area contributed by atoms with Crippen molar-refractivity contribution in [3.63, 3.8) is 0 Å². The second-order valence-electron chi connectivity index (χ2n) is 9.46. The van der Waals surface area contributed by atoms with E-state index in [0.29, 0.717) is 50.3 Å². The Morgan fingerprint density at radius 2 is 1.69 bits per heavy atom. The number of benzene rings is 1. The molecule has 3 rings (SSSR count). The summed E-state index contributed by atoms with van der Waals surface area (Å²) in [6, 6.07) is 6.61. The van der Waals surface area contributed by atoms with E-state index in [1.165, 1.54) is 0 Å². The van der Waals surface area contributed by atoms with Crippen molar-refractivity contribution in [2.75, 3.05) is 31.6 Å². The van der Waals surface area contributed by atoms with Crippen LogP contribution in [0.2, 0.25) is 0 Å². The SMILES string of the molecule is CCOC(=O)c1ccc(NC(=O)C2CCN(C(=O)C3CC(=O)N(C(C)(C)C)C3)CC2)cc1. The molecule has 0 radical (unpaired) electrons. The number of anilines is 1. The summed E-state index contributed by atoms with van der Waals surface area (Å²) in [5.41, 5.74) is 0.770. The van der Waals surface area contributed by atoms with Gasteiger partial charge in [0.15, 0.2) is 0 Å². The number of carbonyl (C=O) groups is 4. The molecular formula is C24H33N3O5. The fourth-order valence-electron chi connectivity index (χ4n) is 4.29. The molecule has 2 heterocycles. The summed E-state index contributed by atoms with van der Waals surface area (Å²) >= 11 is 0. The highest BCUT2D eigenvalue weighted by atomic mass is 16.5. The van der Waals surface area contributed by atoms with Crippen LogP contribution in [-0.2, 0) is 19.1 Å². The molecule has 1 unspecified atom stereocenters. The van der Waals surface area contributed by atoms with E-state index in [1.807, 2.05) is 20.8 Å². The van der Waals surface area contributed by atoms with Gasteiger partial charge in [-0.2, -0.15) is 0 Å². The quantitative estimate of drug-likeness (QED) is 0.706. The van der Waals surface area contributed by atoms with Crippen molar-refractivity contribution < 1.29 is 23.9 Å². The van der Waals surface area contributed by atoms with Gasteiger partial charge in [0.1, 0.15) is 0 Å². The van der Waals surface area contributed by atoms with Crippen LogP contribution < -0.4 is 5.32 Å². The minimum absolute atomic E-state index is 0.0125. The highest BCUT2D eigenvalue weighted by Gasteiger charge is 2.41. The maximum Gasteiger partial charge on any atom is 0.338 e. The highest BCUT2D eigenvalue weighted by Crippen LogP contribution is 2.29. The van der Waals surface area contributed by atoms with E-state index in [2.05, 4.69) is 5.32 Å². The van der Waals surface area contributed by atoms with Crippen LogP contribution in [0.4, 0.5) is 5.69 Å². The molecule has 0 aromatic heterocycles. The molecular weight excluding hydrogens is 410 g/mol. The first kappa shape index (κ1) is 23.8. The molecule has 1 aromatic rings. The van der Waals surface area contributed by atoms with E-state index in [-0.39, 0.29) is 41.5 Å². The summed E-state index contributed by atoms with van der Waals surface area (Å²) in [4.78, 5) is 53.2. The largest absolute Gasteiger partial charge is 0.462 e. The van der Waals surface area contributed by atoms with Crippen LogP contribution in [0.5, 0.6) is 0 Å². The zero-order valence-electron chi connectivity index (χ0n) is 19.3. The molecule has 2 fully saturated rings. The Hall–Kier alpha value is -2.90. The Bertz CT molecular complexity index is 867. The fraction of sp³-hybridized carbons (Fsp3) is 0.583.